The van der Waals surface area contributed by atoms with Crippen molar-refractivity contribution in [3.63, 3.8) is 0 Å². The van der Waals surface area contributed by atoms with Gasteiger partial charge in [-0.15, -0.1) is 0 Å². The quantitative estimate of drug-likeness (QED) is 0.749. The van der Waals surface area contributed by atoms with E-state index in [1.165, 1.54) is 0 Å². The van der Waals surface area contributed by atoms with Gasteiger partial charge in [-0.05, 0) is 58.3 Å². The Balaban J connectivity index is 1.34. The van der Waals surface area contributed by atoms with Crippen LogP contribution >= 0.6 is 0 Å². The van der Waals surface area contributed by atoms with Gasteiger partial charge in [0.15, 0.2) is 5.69 Å². The standard InChI is InChI=1S/C23H34N6O3/c1-22(2,3)32-21(31)28-10-7-16(8-11-28)29-14-15(13-24-29)25-20(30)19-17-6-9-23(4,5)12-18(17)26-27-19/h13-14,16H,6-12H2,1-5H3,(H,25,30)(H,26,27). The Morgan fingerprint density at radius 1 is 1.25 bits per heavy atom. The van der Waals surface area contributed by atoms with Crippen LogP contribution in [0.15, 0.2) is 12.4 Å². The summed E-state index contributed by atoms with van der Waals surface area (Å²) < 4.78 is 7.34. The molecule has 1 fully saturated rings. The molecule has 9 nitrogen and oxygen atoms in total. The fourth-order valence-electron chi connectivity index (χ4n) is 4.47. The topological polar surface area (TPSA) is 105 Å². The van der Waals surface area contributed by atoms with E-state index < -0.39 is 5.60 Å². The Morgan fingerprint density at radius 3 is 2.66 bits per heavy atom. The molecule has 2 amide bonds. The van der Waals surface area contributed by atoms with Crippen LogP contribution in [0.2, 0.25) is 0 Å². The molecule has 2 aromatic heterocycles. The number of hydrogen-bond acceptors (Lipinski definition) is 5. The summed E-state index contributed by atoms with van der Waals surface area (Å²) in [6, 6.07) is 0.180. The van der Waals surface area contributed by atoms with Gasteiger partial charge in [0, 0.05) is 30.5 Å². The van der Waals surface area contributed by atoms with E-state index in [2.05, 4.69) is 34.5 Å². The summed E-state index contributed by atoms with van der Waals surface area (Å²) in [5.74, 6) is -0.207. The summed E-state index contributed by atoms with van der Waals surface area (Å²) >= 11 is 0. The number of fused-ring (bicyclic) bond motifs is 1. The second-order valence-electron chi connectivity index (χ2n) is 10.7. The Morgan fingerprint density at radius 2 is 1.97 bits per heavy atom. The Hall–Kier alpha value is -2.84. The summed E-state index contributed by atoms with van der Waals surface area (Å²) in [4.78, 5) is 26.8. The second-order valence-corrected chi connectivity index (χ2v) is 10.7. The number of aromatic amines is 1. The zero-order valence-electron chi connectivity index (χ0n) is 19.7. The molecule has 174 valence electrons. The van der Waals surface area contributed by atoms with Gasteiger partial charge in [0.05, 0.1) is 17.9 Å². The van der Waals surface area contributed by atoms with Gasteiger partial charge in [0.25, 0.3) is 5.91 Å². The van der Waals surface area contributed by atoms with E-state index in [1.54, 1.807) is 11.1 Å². The predicted molar refractivity (Wildman–Crippen MR) is 121 cm³/mol. The molecular weight excluding hydrogens is 408 g/mol. The molecule has 0 saturated carbocycles. The highest BCUT2D eigenvalue weighted by atomic mass is 16.6. The number of piperidine rings is 1. The second kappa shape index (κ2) is 8.26. The lowest BCUT2D eigenvalue weighted by Gasteiger charge is -2.33. The van der Waals surface area contributed by atoms with Crippen LogP contribution in [0, 0.1) is 5.41 Å². The average Bonchev–Trinajstić information content (AvgIpc) is 3.32. The molecule has 1 saturated heterocycles. The molecule has 0 atom stereocenters. The molecule has 0 bridgehead atoms. The van der Waals surface area contributed by atoms with Crippen molar-refractivity contribution in [2.75, 3.05) is 18.4 Å². The number of nitrogens with one attached hydrogen (secondary N) is 2. The minimum absolute atomic E-state index is 0.180. The molecular formula is C23H34N6O3. The lowest BCUT2D eigenvalue weighted by atomic mass is 9.76. The molecule has 0 aromatic carbocycles. The van der Waals surface area contributed by atoms with Crippen molar-refractivity contribution < 1.29 is 14.3 Å². The number of likely N-dealkylation sites (tertiary alicyclic amines) is 1. The van der Waals surface area contributed by atoms with Gasteiger partial charge in [-0.2, -0.15) is 10.2 Å². The predicted octanol–water partition coefficient (Wildman–Crippen LogP) is 3.95. The molecule has 4 rings (SSSR count). The molecule has 9 heteroatoms. The molecule has 0 unspecified atom stereocenters. The summed E-state index contributed by atoms with van der Waals surface area (Å²) in [6.07, 6.45) is 7.64. The Kier molecular flexibility index (Phi) is 5.77. The fourth-order valence-corrected chi connectivity index (χ4v) is 4.47. The normalized spacial score (nSPS) is 18.8. The van der Waals surface area contributed by atoms with Gasteiger partial charge in [-0.25, -0.2) is 4.79 Å². The molecule has 32 heavy (non-hydrogen) atoms. The smallest absolute Gasteiger partial charge is 0.410 e. The first-order valence-corrected chi connectivity index (χ1v) is 11.4. The fraction of sp³-hybridized carbons (Fsp3) is 0.652. The number of H-pyrrole nitrogens is 1. The van der Waals surface area contributed by atoms with Crippen molar-refractivity contribution in [3.05, 3.63) is 29.3 Å². The molecule has 2 N–H and O–H groups in total. The number of anilines is 1. The van der Waals surface area contributed by atoms with Crippen LogP contribution in [0.3, 0.4) is 0 Å². The Bertz CT molecular complexity index is 992. The largest absolute Gasteiger partial charge is 0.444 e. The van der Waals surface area contributed by atoms with E-state index in [0.717, 1.165) is 43.4 Å². The third-order valence-corrected chi connectivity index (χ3v) is 6.22. The van der Waals surface area contributed by atoms with Gasteiger partial charge in [-0.3, -0.25) is 14.6 Å². The average molecular weight is 443 g/mol. The van der Waals surface area contributed by atoms with Crippen molar-refractivity contribution in [2.24, 2.45) is 5.41 Å². The molecule has 1 aliphatic heterocycles. The maximum atomic E-state index is 12.8. The maximum absolute atomic E-state index is 12.8. The minimum Gasteiger partial charge on any atom is -0.444 e. The first-order valence-electron chi connectivity index (χ1n) is 11.4. The highest BCUT2D eigenvalue weighted by Gasteiger charge is 2.31. The van der Waals surface area contributed by atoms with E-state index in [9.17, 15) is 9.59 Å². The number of carbonyl (C=O) groups is 2. The molecule has 3 heterocycles. The van der Waals surface area contributed by atoms with Crippen molar-refractivity contribution in [1.82, 2.24) is 24.9 Å². The van der Waals surface area contributed by atoms with Gasteiger partial charge >= 0.3 is 6.09 Å². The monoisotopic (exact) mass is 442 g/mol. The van der Waals surface area contributed by atoms with Crippen LogP contribution in [-0.2, 0) is 17.6 Å². The van der Waals surface area contributed by atoms with Gasteiger partial charge in [0.1, 0.15) is 5.60 Å². The number of aromatic nitrogens is 4. The van der Waals surface area contributed by atoms with Crippen LogP contribution in [-0.4, -0.2) is 55.6 Å². The number of carbonyl (C=O) groups excluding carboxylic acids is 2. The van der Waals surface area contributed by atoms with Crippen molar-refractivity contribution in [1.29, 1.82) is 0 Å². The van der Waals surface area contributed by atoms with Gasteiger partial charge < -0.3 is 15.0 Å². The van der Waals surface area contributed by atoms with Crippen LogP contribution < -0.4 is 5.32 Å². The SMILES string of the molecule is CC1(C)CCc2c(C(=O)Nc3cnn(C4CCN(C(=O)OC(C)(C)C)CC4)c3)n[nH]c2C1. The first-order chi connectivity index (χ1) is 15.0. The number of amides is 2. The third kappa shape index (κ3) is 4.97. The first kappa shape index (κ1) is 22.4. The van der Waals surface area contributed by atoms with Crippen LogP contribution in [0.1, 0.15) is 81.7 Å². The number of rotatable bonds is 3. The zero-order chi connectivity index (χ0) is 23.1. The van der Waals surface area contributed by atoms with Gasteiger partial charge in [0.2, 0.25) is 0 Å². The van der Waals surface area contributed by atoms with E-state index in [-0.39, 0.29) is 23.5 Å². The number of ether oxygens (including phenoxy) is 1. The minimum atomic E-state index is -0.493. The highest BCUT2D eigenvalue weighted by molar-refractivity contribution is 6.03. The lowest BCUT2D eigenvalue weighted by molar-refractivity contribution is 0.0184. The van der Waals surface area contributed by atoms with Crippen LogP contribution in [0.25, 0.3) is 0 Å². The van der Waals surface area contributed by atoms with Crippen molar-refractivity contribution >= 4 is 17.7 Å². The lowest BCUT2D eigenvalue weighted by Crippen LogP contribution is -2.42. The van der Waals surface area contributed by atoms with Crippen molar-refractivity contribution in [3.8, 4) is 0 Å². The molecule has 0 radical (unpaired) electrons. The van der Waals surface area contributed by atoms with Crippen molar-refractivity contribution in [2.45, 2.75) is 78.4 Å². The van der Waals surface area contributed by atoms with E-state index in [1.807, 2.05) is 31.6 Å². The van der Waals surface area contributed by atoms with Gasteiger partial charge in [-0.1, -0.05) is 13.8 Å². The van der Waals surface area contributed by atoms with Crippen LogP contribution in [0.5, 0.6) is 0 Å². The summed E-state index contributed by atoms with van der Waals surface area (Å²) in [7, 11) is 0. The summed E-state index contributed by atoms with van der Waals surface area (Å²) in [5, 5.41) is 14.7. The van der Waals surface area contributed by atoms with Crippen LogP contribution in [0.4, 0.5) is 10.5 Å². The number of nitrogens with zero attached hydrogens (tertiary/aromatic N) is 4. The third-order valence-electron chi connectivity index (χ3n) is 6.22. The molecule has 1 aliphatic carbocycles. The summed E-state index contributed by atoms with van der Waals surface area (Å²) in [6.45, 7) is 11.3. The molecule has 0 spiro atoms. The van der Waals surface area contributed by atoms with E-state index in [0.29, 0.717) is 24.5 Å². The van der Waals surface area contributed by atoms with E-state index >= 15 is 0 Å². The molecule has 2 aliphatic rings. The zero-order valence-corrected chi connectivity index (χ0v) is 19.7. The maximum Gasteiger partial charge on any atom is 0.410 e. The molecule has 2 aromatic rings. The summed E-state index contributed by atoms with van der Waals surface area (Å²) in [5.41, 5.74) is 2.97. The van der Waals surface area contributed by atoms with E-state index in [4.69, 9.17) is 4.74 Å². The Labute approximate surface area is 188 Å². The number of hydrogen-bond donors (Lipinski definition) is 2. The highest BCUT2D eigenvalue weighted by Crippen LogP contribution is 2.35.